The van der Waals surface area contributed by atoms with Gasteiger partial charge in [0.05, 0.1) is 5.56 Å². The standard InChI is InChI=1S/C9H8ClF3N2O/c10-5-1-2-7(6(3-5)8(14)15)16-4-9(11,12)13/h1-3H,4H2,(H3,14,15). The molecule has 0 heterocycles. The Hall–Kier alpha value is -1.43. The molecule has 0 amide bonds. The van der Waals surface area contributed by atoms with Gasteiger partial charge in [-0.15, -0.1) is 0 Å². The first-order valence-corrected chi connectivity index (χ1v) is 4.51. The van der Waals surface area contributed by atoms with Gasteiger partial charge in [0.2, 0.25) is 0 Å². The first kappa shape index (κ1) is 12.6. The molecule has 88 valence electrons. The molecule has 0 saturated heterocycles. The van der Waals surface area contributed by atoms with Crippen molar-refractivity contribution in [3.63, 3.8) is 0 Å². The van der Waals surface area contributed by atoms with Crippen molar-refractivity contribution < 1.29 is 17.9 Å². The van der Waals surface area contributed by atoms with E-state index in [0.29, 0.717) is 0 Å². The predicted molar refractivity (Wildman–Crippen MR) is 54.0 cm³/mol. The van der Waals surface area contributed by atoms with Crippen molar-refractivity contribution in [3.05, 3.63) is 28.8 Å². The number of nitrogens with two attached hydrogens (primary N) is 1. The van der Waals surface area contributed by atoms with E-state index in [2.05, 4.69) is 4.74 Å². The van der Waals surface area contributed by atoms with Crippen LogP contribution in [0.3, 0.4) is 0 Å². The maximum absolute atomic E-state index is 11.9. The van der Waals surface area contributed by atoms with Crippen LogP contribution in [-0.2, 0) is 0 Å². The van der Waals surface area contributed by atoms with E-state index in [0.717, 1.165) is 0 Å². The minimum absolute atomic E-state index is 0.0387. The quantitative estimate of drug-likeness (QED) is 0.642. The van der Waals surface area contributed by atoms with Crippen molar-refractivity contribution in [2.24, 2.45) is 5.73 Å². The average molecular weight is 253 g/mol. The molecule has 0 spiro atoms. The van der Waals surface area contributed by atoms with Crippen LogP contribution < -0.4 is 10.5 Å². The van der Waals surface area contributed by atoms with Crippen LogP contribution in [0.2, 0.25) is 5.02 Å². The molecule has 1 aromatic rings. The van der Waals surface area contributed by atoms with E-state index >= 15 is 0 Å². The van der Waals surface area contributed by atoms with E-state index in [1.54, 1.807) is 0 Å². The topological polar surface area (TPSA) is 59.1 Å². The van der Waals surface area contributed by atoms with E-state index in [1.165, 1.54) is 18.2 Å². The van der Waals surface area contributed by atoms with E-state index in [4.69, 9.17) is 22.7 Å². The summed E-state index contributed by atoms with van der Waals surface area (Å²) in [6, 6.07) is 3.88. The lowest BCUT2D eigenvalue weighted by atomic mass is 10.2. The summed E-state index contributed by atoms with van der Waals surface area (Å²) >= 11 is 5.62. The molecule has 1 aromatic carbocycles. The summed E-state index contributed by atoms with van der Waals surface area (Å²) in [6.07, 6.45) is -4.44. The minimum Gasteiger partial charge on any atom is -0.483 e. The number of rotatable bonds is 3. The van der Waals surface area contributed by atoms with Gasteiger partial charge in [0.15, 0.2) is 6.61 Å². The Morgan fingerprint density at radius 2 is 2.06 bits per heavy atom. The van der Waals surface area contributed by atoms with Crippen LogP contribution in [0.5, 0.6) is 5.75 Å². The first-order valence-electron chi connectivity index (χ1n) is 4.13. The van der Waals surface area contributed by atoms with E-state index in [-0.39, 0.29) is 16.3 Å². The third-order valence-corrected chi connectivity index (χ3v) is 1.86. The summed E-state index contributed by atoms with van der Waals surface area (Å²) in [5, 5.41) is 7.43. The average Bonchev–Trinajstić information content (AvgIpc) is 2.14. The predicted octanol–water partition coefficient (Wildman–Crippen LogP) is 2.57. The van der Waals surface area contributed by atoms with E-state index in [1.807, 2.05) is 0 Å². The molecule has 3 N–H and O–H groups in total. The highest BCUT2D eigenvalue weighted by atomic mass is 35.5. The molecular weight excluding hydrogens is 245 g/mol. The zero-order valence-electron chi connectivity index (χ0n) is 7.94. The number of alkyl halides is 3. The van der Waals surface area contributed by atoms with Gasteiger partial charge in [-0.3, -0.25) is 5.41 Å². The van der Waals surface area contributed by atoms with Crippen molar-refractivity contribution in [1.82, 2.24) is 0 Å². The number of ether oxygens (including phenoxy) is 1. The molecule has 0 unspecified atom stereocenters. The number of hydrogen-bond donors (Lipinski definition) is 2. The molecule has 7 heteroatoms. The zero-order valence-corrected chi connectivity index (χ0v) is 8.69. The van der Waals surface area contributed by atoms with Crippen molar-refractivity contribution >= 4 is 17.4 Å². The Bertz CT molecular complexity index is 406. The first-order chi connectivity index (χ1) is 7.29. The molecule has 0 atom stereocenters. The number of hydrogen-bond acceptors (Lipinski definition) is 2. The van der Waals surface area contributed by atoms with Crippen LogP contribution in [0.25, 0.3) is 0 Å². The Morgan fingerprint density at radius 1 is 1.44 bits per heavy atom. The molecule has 1 rings (SSSR count). The van der Waals surface area contributed by atoms with Crippen LogP contribution in [0, 0.1) is 5.41 Å². The van der Waals surface area contributed by atoms with Crippen LogP contribution in [0.1, 0.15) is 5.56 Å². The smallest absolute Gasteiger partial charge is 0.422 e. The van der Waals surface area contributed by atoms with Crippen molar-refractivity contribution in [3.8, 4) is 5.75 Å². The molecule has 0 aromatic heterocycles. The normalized spacial score (nSPS) is 11.2. The van der Waals surface area contributed by atoms with Gasteiger partial charge in [-0.05, 0) is 18.2 Å². The highest BCUT2D eigenvalue weighted by Crippen LogP contribution is 2.24. The lowest BCUT2D eigenvalue weighted by Crippen LogP contribution is -2.21. The lowest BCUT2D eigenvalue weighted by Gasteiger charge is -2.12. The fourth-order valence-corrected chi connectivity index (χ4v) is 1.17. The minimum atomic E-state index is -4.44. The molecule has 0 bridgehead atoms. The molecule has 16 heavy (non-hydrogen) atoms. The summed E-state index contributed by atoms with van der Waals surface area (Å²) in [6.45, 7) is -1.44. The Balaban J connectivity index is 2.91. The summed E-state index contributed by atoms with van der Waals surface area (Å²) < 4.78 is 40.3. The van der Waals surface area contributed by atoms with Crippen LogP contribution in [-0.4, -0.2) is 18.6 Å². The van der Waals surface area contributed by atoms with Crippen molar-refractivity contribution in [2.45, 2.75) is 6.18 Å². The van der Waals surface area contributed by atoms with Crippen LogP contribution in [0.4, 0.5) is 13.2 Å². The summed E-state index contributed by atoms with van der Waals surface area (Å²) in [5.41, 5.74) is 5.22. The highest BCUT2D eigenvalue weighted by molar-refractivity contribution is 6.31. The molecule has 0 fully saturated rings. The van der Waals surface area contributed by atoms with Crippen molar-refractivity contribution in [2.75, 3.05) is 6.61 Å². The van der Waals surface area contributed by atoms with Gasteiger partial charge in [0, 0.05) is 5.02 Å². The fraction of sp³-hybridized carbons (Fsp3) is 0.222. The maximum atomic E-state index is 11.9. The van der Waals surface area contributed by atoms with Gasteiger partial charge in [-0.2, -0.15) is 13.2 Å². The van der Waals surface area contributed by atoms with E-state index < -0.39 is 18.6 Å². The SMILES string of the molecule is N=C(N)c1cc(Cl)ccc1OCC(F)(F)F. The van der Waals surface area contributed by atoms with Gasteiger partial charge in [0.25, 0.3) is 0 Å². The third kappa shape index (κ3) is 3.62. The molecule has 3 nitrogen and oxygen atoms in total. The Kier molecular flexibility index (Phi) is 3.64. The second kappa shape index (κ2) is 4.61. The number of amidine groups is 1. The molecule has 0 saturated carbocycles. The maximum Gasteiger partial charge on any atom is 0.422 e. The Morgan fingerprint density at radius 3 is 2.56 bits per heavy atom. The summed E-state index contributed by atoms with van der Waals surface area (Å²) in [7, 11) is 0. The van der Waals surface area contributed by atoms with Crippen LogP contribution >= 0.6 is 11.6 Å². The van der Waals surface area contributed by atoms with Crippen LogP contribution in [0.15, 0.2) is 18.2 Å². The molecular formula is C9H8ClF3N2O. The molecule has 0 aliphatic heterocycles. The third-order valence-electron chi connectivity index (χ3n) is 1.62. The lowest BCUT2D eigenvalue weighted by molar-refractivity contribution is -0.153. The Labute approximate surface area is 94.5 Å². The van der Waals surface area contributed by atoms with Gasteiger partial charge >= 0.3 is 6.18 Å². The number of benzene rings is 1. The summed E-state index contributed by atoms with van der Waals surface area (Å²) in [4.78, 5) is 0. The second-order valence-corrected chi connectivity index (χ2v) is 3.39. The fourth-order valence-electron chi connectivity index (χ4n) is 0.998. The van der Waals surface area contributed by atoms with Crippen molar-refractivity contribution in [1.29, 1.82) is 5.41 Å². The van der Waals surface area contributed by atoms with Gasteiger partial charge in [0.1, 0.15) is 11.6 Å². The zero-order chi connectivity index (χ0) is 12.3. The largest absolute Gasteiger partial charge is 0.483 e. The summed E-state index contributed by atoms with van der Waals surface area (Å²) in [5.74, 6) is -0.520. The highest BCUT2D eigenvalue weighted by Gasteiger charge is 2.28. The van der Waals surface area contributed by atoms with E-state index in [9.17, 15) is 13.2 Å². The molecule has 0 aliphatic rings. The number of halogens is 4. The molecule has 0 radical (unpaired) electrons. The van der Waals surface area contributed by atoms with Gasteiger partial charge in [-0.25, -0.2) is 0 Å². The molecule has 0 aliphatic carbocycles. The van der Waals surface area contributed by atoms with Gasteiger partial charge in [-0.1, -0.05) is 11.6 Å². The number of nitrogens with one attached hydrogen (secondary N) is 1. The second-order valence-electron chi connectivity index (χ2n) is 2.96. The van der Waals surface area contributed by atoms with Gasteiger partial charge < -0.3 is 10.5 Å². The monoisotopic (exact) mass is 252 g/mol. The number of nitrogen functional groups attached to an aromatic ring is 1.